The van der Waals surface area contributed by atoms with Crippen LogP contribution in [-0.2, 0) is 12.8 Å². The fraction of sp³-hybridized carbons (Fsp3) is 0.375. The van der Waals surface area contributed by atoms with Crippen LogP contribution in [0.1, 0.15) is 11.3 Å². The predicted molar refractivity (Wildman–Crippen MR) is 48.5 cm³/mol. The summed E-state index contributed by atoms with van der Waals surface area (Å²) in [6.07, 6.45) is -10.8. The van der Waals surface area contributed by atoms with Crippen molar-refractivity contribution in [3.05, 3.63) is 27.6 Å². The molecule has 0 saturated carbocycles. The number of ether oxygens (including phenoxy) is 1. The Morgan fingerprint density at radius 1 is 1.30 bits per heavy atom. The number of pyridine rings is 1. The van der Waals surface area contributed by atoms with Gasteiger partial charge in [0.2, 0.25) is 0 Å². The van der Waals surface area contributed by atoms with E-state index in [1.54, 1.807) is 0 Å². The minimum atomic E-state index is -5.54. The third-order valence-electron chi connectivity index (χ3n) is 1.96. The van der Waals surface area contributed by atoms with Crippen molar-refractivity contribution < 1.29 is 41.1 Å². The van der Waals surface area contributed by atoms with Crippen LogP contribution in [0.5, 0.6) is 5.75 Å². The number of hydrogen-bond acceptors (Lipinski definition) is 5. The zero-order chi connectivity index (χ0) is 15.7. The van der Waals surface area contributed by atoms with E-state index in [0.717, 1.165) is 0 Å². The minimum Gasteiger partial charge on any atom is -0.403 e. The van der Waals surface area contributed by atoms with Crippen molar-refractivity contribution >= 4 is 5.69 Å². The molecule has 12 heteroatoms. The van der Waals surface area contributed by atoms with E-state index in [9.17, 15) is 36.5 Å². The van der Waals surface area contributed by atoms with E-state index >= 15 is 0 Å². The van der Waals surface area contributed by atoms with Gasteiger partial charge in [-0.25, -0.2) is 4.98 Å². The van der Waals surface area contributed by atoms with Gasteiger partial charge in [0, 0.05) is 0 Å². The van der Waals surface area contributed by atoms with E-state index in [0.29, 0.717) is 0 Å². The highest BCUT2D eigenvalue weighted by molar-refractivity contribution is 5.50. The molecular weight excluding hydrogens is 302 g/mol. The second-order valence-corrected chi connectivity index (χ2v) is 3.26. The lowest BCUT2D eigenvalue weighted by atomic mass is 10.1. The van der Waals surface area contributed by atoms with Crippen LogP contribution in [0.3, 0.4) is 0 Å². The second-order valence-electron chi connectivity index (χ2n) is 3.26. The van der Waals surface area contributed by atoms with Crippen LogP contribution in [0.2, 0.25) is 0 Å². The van der Waals surface area contributed by atoms with Crippen molar-refractivity contribution in [3.8, 4) is 5.75 Å². The normalized spacial score (nSPS) is 12.3. The molecule has 0 fully saturated rings. The Kier molecular flexibility index (Phi) is 4.07. The van der Waals surface area contributed by atoms with E-state index in [4.69, 9.17) is 5.11 Å². The van der Waals surface area contributed by atoms with Crippen LogP contribution in [0.4, 0.5) is 32.0 Å². The number of alkyl halides is 6. The molecule has 0 saturated heterocycles. The highest BCUT2D eigenvalue weighted by Gasteiger charge is 2.44. The molecule has 0 atom stereocenters. The van der Waals surface area contributed by atoms with Crippen molar-refractivity contribution in [1.29, 1.82) is 0 Å². The molecule has 0 unspecified atom stereocenters. The summed E-state index contributed by atoms with van der Waals surface area (Å²) < 4.78 is 76.9. The maximum absolute atomic E-state index is 12.5. The maximum Gasteiger partial charge on any atom is 0.573 e. The Balaban J connectivity index is 3.60. The van der Waals surface area contributed by atoms with Crippen LogP contribution in [0.25, 0.3) is 0 Å². The van der Waals surface area contributed by atoms with Gasteiger partial charge in [-0.05, 0) is 0 Å². The number of halogens is 6. The minimum absolute atomic E-state index is 0.0949. The van der Waals surface area contributed by atoms with Crippen LogP contribution in [-0.4, -0.2) is 21.4 Å². The Bertz CT molecular complexity index is 527. The third-order valence-corrected chi connectivity index (χ3v) is 1.96. The third kappa shape index (κ3) is 3.46. The SMILES string of the molecule is O=[N+]([O-])c1cnc(C(F)(F)F)c(OC(F)(F)F)c1CO. The van der Waals surface area contributed by atoms with Gasteiger partial charge in [0.25, 0.3) is 5.69 Å². The topological polar surface area (TPSA) is 85.5 Å². The van der Waals surface area contributed by atoms with Gasteiger partial charge >= 0.3 is 12.5 Å². The fourth-order valence-electron chi connectivity index (χ4n) is 1.26. The molecule has 0 spiro atoms. The number of rotatable bonds is 3. The van der Waals surface area contributed by atoms with Gasteiger partial charge < -0.3 is 9.84 Å². The summed E-state index contributed by atoms with van der Waals surface area (Å²) >= 11 is 0. The zero-order valence-electron chi connectivity index (χ0n) is 9.12. The van der Waals surface area contributed by atoms with Crippen molar-refractivity contribution in [2.75, 3.05) is 0 Å². The molecular formula is C8H4F6N2O4. The van der Waals surface area contributed by atoms with Crippen molar-refractivity contribution in [2.24, 2.45) is 0 Å². The predicted octanol–water partition coefficient (Wildman–Crippen LogP) is 2.40. The Morgan fingerprint density at radius 3 is 2.20 bits per heavy atom. The summed E-state index contributed by atoms with van der Waals surface area (Å²) in [6, 6.07) is 0. The lowest BCUT2D eigenvalue weighted by Crippen LogP contribution is -2.22. The molecule has 0 bridgehead atoms. The molecule has 0 aliphatic heterocycles. The van der Waals surface area contributed by atoms with E-state index in [1.165, 1.54) is 0 Å². The van der Waals surface area contributed by atoms with Crippen LogP contribution < -0.4 is 4.74 Å². The molecule has 112 valence electrons. The van der Waals surface area contributed by atoms with E-state index < -0.39 is 46.8 Å². The van der Waals surface area contributed by atoms with Gasteiger partial charge in [0.1, 0.15) is 11.8 Å². The Morgan fingerprint density at radius 2 is 1.85 bits per heavy atom. The van der Waals surface area contributed by atoms with Gasteiger partial charge in [-0.2, -0.15) is 13.2 Å². The Labute approximate surface area is 105 Å². The summed E-state index contributed by atoms with van der Waals surface area (Å²) in [4.78, 5) is 11.8. The van der Waals surface area contributed by atoms with Crippen molar-refractivity contribution in [3.63, 3.8) is 0 Å². The van der Waals surface area contributed by atoms with Gasteiger partial charge in [0.15, 0.2) is 11.4 Å². The molecule has 20 heavy (non-hydrogen) atoms. The molecule has 1 aromatic rings. The number of aliphatic hydroxyl groups excluding tert-OH is 1. The van der Waals surface area contributed by atoms with Gasteiger partial charge in [-0.1, -0.05) is 0 Å². The molecule has 0 aliphatic rings. The smallest absolute Gasteiger partial charge is 0.403 e. The molecule has 1 heterocycles. The summed E-state index contributed by atoms with van der Waals surface area (Å²) in [7, 11) is 0. The standard InChI is InChI=1S/C8H4F6N2O4/c9-7(10,11)6-5(20-8(12,13)14)3(2-17)4(1-15-6)16(18)19/h1,17H,2H2. The lowest BCUT2D eigenvalue weighted by Gasteiger charge is -2.16. The molecule has 1 N–H and O–H groups in total. The average Bonchev–Trinajstić information content (AvgIpc) is 2.24. The second kappa shape index (κ2) is 5.11. The molecule has 0 aromatic carbocycles. The van der Waals surface area contributed by atoms with Crippen molar-refractivity contribution in [1.82, 2.24) is 4.98 Å². The molecule has 1 rings (SSSR count). The molecule has 0 aliphatic carbocycles. The summed E-state index contributed by atoms with van der Waals surface area (Å²) in [5.74, 6) is -1.94. The molecule has 0 amide bonds. The number of aromatic nitrogens is 1. The first-order valence-corrected chi connectivity index (χ1v) is 4.57. The summed E-state index contributed by atoms with van der Waals surface area (Å²) in [6.45, 7) is -1.46. The summed E-state index contributed by atoms with van der Waals surface area (Å²) in [5.41, 5.74) is -4.61. The first-order valence-electron chi connectivity index (χ1n) is 4.57. The maximum atomic E-state index is 12.5. The number of hydrogen-bond donors (Lipinski definition) is 1. The van der Waals surface area contributed by atoms with Crippen LogP contribution in [0, 0.1) is 10.1 Å². The lowest BCUT2D eigenvalue weighted by molar-refractivity contribution is -0.386. The molecule has 6 nitrogen and oxygen atoms in total. The Hall–Kier alpha value is -2.11. The van der Waals surface area contributed by atoms with Crippen LogP contribution in [0.15, 0.2) is 6.20 Å². The zero-order valence-corrected chi connectivity index (χ0v) is 9.12. The van der Waals surface area contributed by atoms with E-state index in [1.807, 2.05) is 0 Å². The monoisotopic (exact) mass is 306 g/mol. The highest BCUT2D eigenvalue weighted by Crippen LogP contribution is 2.41. The van der Waals surface area contributed by atoms with Crippen molar-refractivity contribution in [2.45, 2.75) is 19.1 Å². The van der Waals surface area contributed by atoms with Gasteiger partial charge in [-0.3, -0.25) is 10.1 Å². The summed E-state index contributed by atoms with van der Waals surface area (Å²) in [5, 5.41) is 19.3. The highest BCUT2D eigenvalue weighted by atomic mass is 19.4. The molecule has 1 aromatic heterocycles. The number of aliphatic hydroxyl groups is 1. The number of nitrogens with zero attached hydrogens (tertiary/aromatic N) is 2. The largest absolute Gasteiger partial charge is 0.573 e. The van der Waals surface area contributed by atoms with E-state index in [-0.39, 0.29) is 6.20 Å². The van der Waals surface area contributed by atoms with Gasteiger partial charge in [-0.15, -0.1) is 13.2 Å². The molecule has 0 radical (unpaired) electrons. The first-order chi connectivity index (χ1) is 8.97. The number of nitro groups is 1. The quantitative estimate of drug-likeness (QED) is 0.526. The first kappa shape index (κ1) is 15.9. The average molecular weight is 306 g/mol. The van der Waals surface area contributed by atoms with Gasteiger partial charge in [0.05, 0.1) is 11.5 Å². The van der Waals surface area contributed by atoms with E-state index in [2.05, 4.69) is 9.72 Å². The van der Waals surface area contributed by atoms with Crippen LogP contribution >= 0.6 is 0 Å². The fourth-order valence-corrected chi connectivity index (χ4v) is 1.26.